The summed E-state index contributed by atoms with van der Waals surface area (Å²) < 4.78 is 46.4. The first kappa shape index (κ1) is 24.0. The molecular formula is C22H22F3N7O3. The van der Waals surface area contributed by atoms with Crippen molar-refractivity contribution in [2.75, 3.05) is 41.8 Å². The number of aliphatic imine (C=N–C) groups is 1. The average molecular weight is 489 g/mol. The zero-order chi connectivity index (χ0) is 24.8. The van der Waals surface area contributed by atoms with E-state index in [-0.39, 0.29) is 18.1 Å². The standard InChI is InChI=1S/C22H22F3N7O3/c1-26-18-11-16(35-22(23,24)25)3-4-17(18)27-13-15-10-19(31-30-15)29-21(33)14-2-5-20(28-12-14)32-6-8-34-9-7-32/h2-5,10-12,27H,1,6-9,13H2,(H2,29,30,31,33). The first-order valence-corrected chi connectivity index (χ1v) is 10.6. The van der Waals surface area contributed by atoms with Gasteiger partial charge < -0.3 is 25.0 Å². The Balaban J connectivity index is 1.33. The summed E-state index contributed by atoms with van der Waals surface area (Å²) in [6.45, 7) is 6.39. The van der Waals surface area contributed by atoms with E-state index in [1.54, 1.807) is 18.2 Å². The Morgan fingerprint density at radius 3 is 2.71 bits per heavy atom. The van der Waals surface area contributed by atoms with Crippen LogP contribution in [0.2, 0.25) is 0 Å². The normalized spacial score (nSPS) is 13.9. The maximum atomic E-state index is 12.5. The molecule has 0 radical (unpaired) electrons. The lowest BCUT2D eigenvalue weighted by atomic mass is 10.2. The van der Waals surface area contributed by atoms with Crippen LogP contribution < -0.4 is 20.3 Å². The van der Waals surface area contributed by atoms with Crippen LogP contribution in [-0.2, 0) is 11.3 Å². The van der Waals surface area contributed by atoms with Crippen molar-refractivity contribution < 1.29 is 27.4 Å². The molecule has 0 unspecified atom stereocenters. The number of carbonyl (C=O) groups is 1. The summed E-state index contributed by atoms with van der Waals surface area (Å²) >= 11 is 0. The highest BCUT2D eigenvalue weighted by Gasteiger charge is 2.31. The third kappa shape index (κ3) is 6.47. The van der Waals surface area contributed by atoms with Crippen molar-refractivity contribution >= 4 is 35.6 Å². The van der Waals surface area contributed by atoms with Gasteiger partial charge >= 0.3 is 6.36 Å². The lowest BCUT2D eigenvalue weighted by Gasteiger charge is -2.27. The number of ether oxygens (including phenoxy) is 2. The first-order chi connectivity index (χ1) is 16.8. The lowest BCUT2D eigenvalue weighted by Crippen LogP contribution is -2.36. The Bertz CT molecular complexity index is 1180. The molecule has 1 aliphatic rings. The van der Waals surface area contributed by atoms with Crippen molar-refractivity contribution in [2.24, 2.45) is 4.99 Å². The molecule has 3 aromatic rings. The van der Waals surface area contributed by atoms with Gasteiger partial charge in [-0.3, -0.25) is 14.9 Å². The smallest absolute Gasteiger partial charge is 0.406 e. The SMILES string of the molecule is C=Nc1cc(OC(F)(F)F)ccc1NCc1cc(NC(=O)c2ccc(N3CCOCC3)nc2)n[nH]1. The van der Waals surface area contributed by atoms with Crippen molar-refractivity contribution in [2.45, 2.75) is 12.9 Å². The summed E-state index contributed by atoms with van der Waals surface area (Å²) in [7, 11) is 0. The highest BCUT2D eigenvalue weighted by atomic mass is 19.4. The molecular weight excluding hydrogens is 467 g/mol. The van der Waals surface area contributed by atoms with Crippen LogP contribution in [0.4, 0.5) is 36.2 Å². The van der Waals surface area contributed by atoms with Crippen LogP contribution >= 0.6 is 0 Å². The second-order valence-corrected chi connectivity index (χ2v) is 7.48. The van der Waals surface area contributed by atoms with Crippen molar-refractivity contribution in [3.8, 4) is 5.75 Å². The fourth-order valence-electron chi connectivity index (χ4n) is 3.38. The number of nitrogens with zero attached hydrogens (tertiary/aromatic N) is 4. The topological polar surface area (TPSA) is 117 Å². The van der Waals surface area contributed by atoms with Crippen LogP contribution in [0.25, 0.3) is 0 Å². The highest BCUT2D eigenvalue weighted by Crippen LogP contribution is 2.32. The number of aromatic amines is 1. The summed E-state index contributed by atoms with van der Waals surface area (Å²) in [5, 5.41) is 12.6. The molecule has 10 nitrogen and oxygen atoms in total. The van der Waals surface area contributed by atoms with Gasteiger partial charge in [-0.05, 0) is 31.0 Å². The van der Waals surface area contributed by atoms with Gasteiger partial charge in [0.05, 0.1) is 42.4 Å². The first-order valence-electron chi connectivity index (χ1n) is 10.6. The number of rotatable bonds is 8. The van der Waals surface area contributed by atoms with Crippen LogP contribution in [0.5, 0.6) is 5.75 Å². The molecule has 0 aliphatic carbocycles. The molecule has 1 aromatic carbocycles. The van der Waals surface area contributed by atoms with Gasteiger partial charge in [0.15, 0.2) is 5.82 Å². The second kappa shape index (κ2) is 10.4. The van der Waals surface area contributed by atoms with Crippen LogP contribution in [0.15, 0.2) is 47.6 Å². The number of benzene rings is 1. The molecule has 1 amide bonds. The van der Waals surface area contributed by atoms with Crippen LogP contribution in [0.3, 0.4) is 0 Å². The van der Waals surface area contributed by atoms with Gasteiger partial charge in [0, 0.05) is 31.4 Å². The van der Waals surface area contributed by atoms with Crippen LogP contribution in [0, 0.1) is 0 Å². The third-order valence-electron chi connectivity index (χ3n) is 5.06. The number of hydrogen-bond acceptors (Lipinski definition) is 8. The second-order valence-electron chi connectivity index (χ2n) is 7.48. The molecule has 2 aromatic heterocycles. The number of H-pyrrole nitrogens is 1. The predicted molar refractivity (Wildman–Crippen MR) is 123 cm³/mol. The van der Waals surface area contributed by atoms with Gasteiger partial charge in [0.2, 0.25) is 0 Å². The minimum Gasteiger partial charge on any atom is -0.406 e. The Labute approximate surface area is 198 Å². The summed E-state index contributed by atoms with van der Waals surface area (Å²) in [6, 6.07) is 8.80. The Morgan fingerprint density at radius 1 is 1.23 bits per heavy atom. The number of amides is 1. The summed E-state index contributed by atoms with van der Waals surface area (Å²) in [5.74, 6) is 0.323. The minimum atomic E-state index is -4.80. The molecule has 1 saturated heterocycles. The van der Waals surface area contributed by atoms with Crippen molar-refractivity contribution in [1.29, 1.82) is 0 Å². The van der Waals surface area contributed by atoms with Crippen molar-refractivity contribution in [3.05, 3.63) is 53.9 Å². The Kier molecular flexibility index (Phi) is 7.15. The van der Waals surface area contributed by atoms with Crippen LogP contribution in [0.1, 0.15) is 16.1 Å². The number of halogens is 3. The minimum absolute atomic E-state index is 0.188. The number of aromatic nitrogens is 3. The molecule has 0 atom stereocenters. The van der Waals surface area contributed by atoms with Gasteiger partial charge in [-0.25, -0.2) is 4.98 Å². The zero-order valence-corrected chi connectivity index (χ0v) is 18.4. The van der Waals surface area contributed by atoms with E-state index >= 15 is 0 Å². The van der Waals surface area contributed by atoms with Gasteiger partial charge in [-0.1, -0.05) is 0 Å². The van der Waals surface area contributed by atoms with Crippen LogP contribution in [-0.4, -0.2) is 60.5 Å². The monoisotopic (exact) mass is 489 g/mol. The average Bonchev–Trinajstić information content (AvgIpc) is 3.30. The van der Waals surface area contributed by atoms with Crippen molar-refractivity contribution in [1.82, 2.24) is 15.2 Å². The van der Waals surface area contributed by atoms with E-state index in [2.05, 4.69) is 47.2 Å². The Hall–Kier alpha value is -4.13. The van der Waals surface area contributed by atoms with E-state index < -0.39 is 12.1 Å². The number of nitrogens with one attached hydrogen (secondary N) is 3. The number of alkyl halides is 3. The van der Waals surface area contributed by atoms with E-state index in [9.17, 15) is 18.0 Å². The Morgan fingerprint density at radius 2 is 2.03 bits per heavy atom. The summed E-state index contributed by atoms with van der Waals surface area (Å²) in [5.41, 5.74) is 1.63. The zero-order valence-electron chi connectivity index (χ0n) is 18.4. The molecule has 0 spiro atoms. The lowest BCUT2D eigenvalue weighted by molar-refractivity contribution is -0.274. The van der Waals surface area contributed by atoms with E-state index in [1.807, 2.05) is 0 Å². The van der Waals surface area contributed by atoms with E-state index in [0.29, 0.717) is 36.0 Å². The number of anilines is 3. The summed E-state index contributed by atoms with van der Waals surface area (Å²) in [4.78, 5) is 22.7. The summed E-state index contributed by atoms with van der Waals surface area (Å²) in [6.07, 6.45) is -3.30. The molecule has 0 bridgehead atoms. The predicted octanol–water partition coefficient (Wildman–Crippen LogP) is 3.74. The quantitative estimate of drug-likeness (QED) is 0.413. The molecule has 35 heavy (non-hydrogen) atoms. The van der Waals surface area contributed by atoms with Gasteiger partial charge in [-0.2, -0.15) is 5.10 Å². The molecule has 0 saturated carbocycles. The van der Waals surface area contributed by atoms with Gasteiger partial charge in [0.25, 0.3) is 5.91 Å². The molecule has 1 aliphatic heterocycles. The maximum Gasteiger partial charge on any atom is 0.573 e. The van der Waals surface area contributed by atoms with E-state index in [1.165, 1.54) is 18.3 Å². The van der Waals surface area contributed by atoms with Gasteiger partial charge in [0.1, 0.15) is 11.6 Å². The number of pyridine rings is 1. The van der Waals surface area contributed by atoms with E-state index in [4.69, 9.17) is 4.74 Å². The fraction of sp³-hybridized carbons (Fsp3) is 0.273. The fourth-order valence-corrected chi connectivity index (χ4v) is 3.38. The number of morpholine rings is 1. The van der Waals surface area contributed by atoms with Gasteiger partial charge in [-0.15, -0.1) is 13.2 Å². The molecule has 4 rings (SSSR count). The highest BCUT2D eigenvalue weighted by molar-refractivity contribution is 6.03. The molecule has 1 fully saturated rings. The van der Waals surface area contributed by atoms with E-state index in [0.717, 1.165) is 25.0 Å². The maximum absolute atomic E-state index is 12.5. The third-order valence-corrected chi connectivity index (χ3v) is 5.06. The molecule has 184 valence electrons. The largest absolute Gasteiger partial charge is 0.573 e. The van der Waals surface area contributed by atoms with Crippen molar-refractivity contribution in [3.63, 3.8) is 0 Å². The number of carbonyl (C=O) groups excluding carboxylic acids is 1. The molecule has 3 N–H and O–H groups in total. The number of hydrogen-bond donors (Lipinski definition) is 3. The molecule has 3 heterocycles. The molecule has 13 heteroatoms.